The second-order valence-corrected chi connectivity index (χ2v) is 6.63. The summed E-state index contributed by atoms with van der Waals surface area (Å²) in [5.74, 6) is 0.578. The lowest BCUT2D eigenvalue weighted by molar-refractivity contribution is 0.262. The maximum atomic E-state index is 12.6. The number of nitrogens with zero attached hydrogens (tertiary/aromatic N) is 2. The molecule has 0 saturated carbocycles. The van der Waals surface area contributed by atoms with E-state index in [4.69, 9.17) is 23.2 Å². The van der Waals surface area contributed by atoms with E-state index in [1.54, 1.807) is 18.2 Å². The van der Waals surface area contributed by atoms with E-state index in [0.717, 1.165) is 11.2 Å². The summed E-state index contributed by atoms with van der Waals surface area (Å²) in [5, 5.41) is 6.44. The zero-order valence-corrected chi connectivity index (χ0v) is 15.5. The van der Waals surface area contributed by atoms with Gasteiger partial charge in [-0.05, 0) is 30.3 Å². The molecule has 5 nitrogen and oxygen atoms in total. The molecule has 7 heteroatoms. The molecule has 4 aromatic rings. The number of imidazole rings is 1. The van der Waals surface area contributed by atoms with Gasteiger partial charge in [-0.2, -0.15) is 0 Å². The van der Waals surface area contributed by atoms with Crippen molar-refractivity contribution in [1.29, 1.82) is 0 Å². The number of urea groups is 1. The fourth-order valence-corrected chi connectivity index (χ4v) is 3.05. The van der Waals surface area contributed by atoms with E-state index < -0.39 is 6.03 Å². The highest BCUT2D eigenvalue weighted by molar-refractivity contribution is 6.42. The van der Waals surface area contributed by atoms with Crippen molar-refractivity contribution in [3.8, 4) is 11.3 Å². The Balaban J connectivity index is 1.68. The normalized spacial score (nSPS) is 10.7. The average Bonchev–Trinajstić information content (AvgIpc) is 3.04. The second kappa shape index (κ2) is 7.31. The van der Waals surface area contributed by atoms with Gasteiger partial charge in [-0.3, -0.25) is 9.72 Å². The summed E-state index contributed by atoms with van der Waals surface area (Å²) in [6, 6.07) is 19.8. The number of rotatable bonds is 3. The molecule has 4 rings (SSSR count). The van der Waals surface area contributed by atoms with Crippen molar-refractivity contribution in [1.82, 2.24) is 9.38 Å². The lowest BCUT2D eigenvalue weighted by Gasteiger charge is -2.10. The van der Waals surface area contributed by atoms with Crippen molar-refractivity contribution < 1.29 is 4.79 Å². The second-order valence-electron chi connectivity index (χ2n) is 5.81. The van der Waals surface area contributed by atoms with E-state index in [9.17, 15) is 4.79 Å². The molecule has 2 aromatic carbocycles. The fourth-order valence-electron chi connectivity index (χ4n) is 2.76. The van der Waals surface area contributed by atoms with Crippen molar-refractivity contribution in [2.75, 3.05) is 10.6 Å². The highest BCUT2D eigenvalue weighted by Crippen LogP contribution is 2.29. The Kier molecular flexibility index (Phi) is 4.71. The van der Waals surface area contributed by atoms with Gasteiger partial charge in [0, 0.05) is 17.4 Å². The van der Waals surface area contributed by atoms with Gasteiger partial charge < -0.3 is 5.32 Å². The summed E-state index contributed by atoms with van der Waals surface area (Å²) in [5.41, 5.74) is 2.87. The molecule has 27 heavy (non-hydrogen) atoms. The van der Waals surface area contributed by atoms with Gasteiger partial charge in [-0.25, -0.2) is 9.78 Å². The van der Waals surface area contributed by atoms with E-state index >= 15 is 0 Å². The third kappa shape index (κ3) is 3.60. The summed E-state index contributed by atoms with van der Waals surface area (Å²) in [6.07, 6.45) is 1.85. The number of amides is 2. The van der Waals surface area contributed by atoms with Gasteiger partial charge in [0.2, 0.25) is 0 Å². The molecule has 0 fully saturated rings. The van der Waals surface area contributed by atoms with Crippen LogP contribution in [-0.2, 0) is 0 Å². The van der Waals surface area contributed by atoms with Gasteiger partial charge in [0.05, 0.1) is 10.0 Å². The quantitative estimate of drug-likeness (QED) is 0.449. The Morgan fingerprint density at radius 2 is 1.67 bits per heavy atom. The highest BCUT2D eigenvalue weighted by atomic mass is 35.5. The number of hydrogen-bond donors (Lipinski definition) is 2. The lowest BCUT2D eigenvalue weighted by atomic mass is 10.1. The zero-order valence-electron chi connectivity index (χ0n) is 14.0. The highest BCUT2D eigenvalue weighted by Gasteiger charge is 2.16. The first kappa shape index (κ1) is 17.4. The Bertz CT molecular complexity index is 1130. The number of carbonyl (C=O) groups excluding carboxylic acids is 1. The van der Waals surface area contributed by atoms with Crippen LogP contribution in [0.4, 0.5) is 16.3 Å². The first-order chi connectivity index (χ1) is 13.1. The number of carbonyl (C=O) groups is 1. The molecule has 2 heterocycles. The van der Waals surface area contributed by atoms with Gasteiger partial charge in [0.15, 0.2) is 0 Å². The van der Waals surface area contributed by atoms with E-state index in [0.29, 0.717) is 27.2 Å². The topological polar surface area (TPSA) is 58.4 Å². The Labute approximate surface area is 165 Å². The number of aromatic nitrogens is 2. The smallest absolute Gasteiger partial charge is 0.308 e. The van der Waals surface area contributed by atoms with Crippen molar-refractivity contribution in [2.45, 2.75) is 0 Å². The third-order valence-electron chi connectivity index (χ3n) is 3.99. The molecule has 0 radical (unpaired) electrons. The van der Waals surface area contributed by atoms with Crippen LogP contribution in [0.15, 0.2) is 72.9 Å². The van der Waals surface area contributed by atoms with Gasteiger partial charge >= 0.3 is 6.03 Å². The molecular weight excluding hydrogens is 383 g/mol. The summed E-state index contributed by atoms with van der Waals surface area (Å²) in [6.45, 7) is 0. The third-order valence-corrected chi connectivity index (χ3v) is 4.73. The van der Waals surface area contributed by atoms with Crippen molar-refractivity contribution >= 4 is 46.4 Å². The molecule has 0 atom stereocenters. The van der Waals surface area contributed by atoms with Gasteiger partial charge in [-0.15, -0.1) is 0 Å². The summed E-state index contributed by atoms with van der Waals surface area (Å²) < 4.78 is 1.83. The number of benzene rings is 2. The van der Waals surface area contributed by atoms with Crippen LogP contribution in [0.2, 0.25) is 10.0 Å². The van der Waals surface area contributed by atoms with Crippen LogP contribution in [0.25, 0.3) is 16.9 Å². The number of pyridine rings is 1. The van der Waals surface area contributed by atoms with Crippen LogP contribution < -0.4 is 10.6 Å². The molecule has 0 aliphatic heterocycles. The predicted molar refractivity (Wildman–Crippen MR) is 110 cm³/mol. The first-order valence-electron chi connectivity index (χ1n) is 8.17. The van der Waals surface area contributed by atoms with Crippen LogP contribution in [0, 0.1) is 0 Å². The number of hydrogen-bond acceptors (Lipinski definition) is 2. The standard InChI is InChI=1S/C20H14Cl2N4O/c21-15-10-9-14(12-16(15)22)23-20(27)25-19-18(13-6-2-1-3-7-13)24-17-8-4-5-11-26(17)19/h1-12H,(H2,23,25,27). The van der Waals surface area contributed by atoms with Crippen LogP contribution in [0.3, 0.4) is 0 Å². The first-order valence-corrected chi connectivity index (χ1v) is 8.93. The minimum absolute atomic E-state index is 0.370. The number of halogens is 2. The Morgan fingerprint density at radius 1 is 0.889 bits per heavy atom. The van der Waals surface area contributed by atoms with Crippen LogP contribution in [-0.4, -0.2) is 15.4 Å². The molecule has 0 aliphatic rings. The Hall–Kier alpha value is -3.02. The van der Waals surface area contributed by atoms with Gasteiger partial charge in [0.1, 0.15) is 17.2 Å². The molecule has 0 spiro atoms. The van der Waals surface area contributed by atoms with Crippen LogP contribution >= 0.6 is 23.2 Å². The molecule has 2 amide bonds. The fraction of sp³-hybridized carbons (Fsp3) is 0. The van der Waals surface area contributed by atoms with Gasteiger partial charge in [0.25, 0.3) is 0 Å². The minimum Gasteiger partial charge on any atom is -0.308 e. The average molecular weight is 397 g/mol. The molecular formula is C20H14Cl2N4O. The molecule has 0 unspecified atom stereocenters. The van der Waals surface area contributed by atoms with Crippen molar-refractivity contribution in [2.24, 2.45) is 0 Å². The number of fused-ring (bicyclic) bond motifs is 1. The van der Waals surface area contributed by atoms with Gasteiger partial charge in [-0.1, -0.05) is 59.6 Å². The molecule has 0 saturated heterocycles. The summed E-state index contributed by atoms with van der Waals surface area (Å²) in [7, 11) is 0. The van der Waals surface area contributed by atoms with E-state index in [1.807, 2.05) is 59.1 Å². The van der Waals surface area contributed by atoms with Crippen LogP contribution in [0.1, 0.15) is 0 Å². The molecule has 2 aromatic heterocycles. The number of nitrogens with one attached hydrogen (secondary N) is 2. The largest absolute Gasteiger partial charge is 0.324 e. The molecule has 2 N–H and O–H groups in total. The van der Waals surface area contributed by atoms with Crippen molar-refractivity contribution in [3.05, 3.63) is 83.0 Å². The molecule has 134 valence electrons. The molecule has 0 bridgehead atoms. The van der Waals surface area contributed by atoms with E-state index in [-0.39, 0.29) is 0 Å². The minimum atomic E-state index is -0.406. The maximum absolute atomic E-state index is 12.6. The molecule has 0 aliphatic carbocycles. The zero-order chi connectivity index (χ0) is 18.8. The van der Waals surface area contributed by atoms with Crippen LogP contribution in [0.5, 0.6) is 0 Å². The maximum Gasteiger partial charge on any atom is 0.324 e. The lowest BCUT2D eigenvalue weighted by Crippen LogP contribution is -2.20. The SMILES string of the molecule is O=C(Nc1ccc(Cl)c(Cl)c1)Nc1c(-c2ccccc2)nc2ccccn12. The number of anilines is 2. The Morgan fingerprint density at radius 3 is 2.44 bits per heavy atom. The van der Waals surface area contributed by atoms with Crippen molar-refractivity contribution in [3.63, 3.8) is 0 Å². The van der Waals surface area contributed by atoms with E-state index in [1.165, 1.54) is 0 Å². The van der Waals surface area contributed by atoms with E-state index in [2.05, 4.69) is 15.6 Å². The predicted octanol–water partition coefficient (Wildman–Crippen LogP) is 5.95. The summed E-state index contributed by atoms with van der Waals surface area (Å²) in [4.78, 5) is 17.2. The monoisotopic (exact) mass is 396 g/mol. The summed E-state index contributed by atoms with van der Waals surface area (Å²) >= 11 is 11.9.